The van der Waals surface area contributed by atoms with Gasteiger partial charge < -0.3 is 5.11 Å². The average Bonchev–Trinajstić information content (AvgIpc) is 2.12. The summed E-state index contributed by atoms with van der Waals surface area (Å²) in [6.45, 7) is 1.04. The van der Waals surface area contributed by atoms with Gasteiger partial charge in [0.2, 0.25) is 0 Å². The van der Waals surface area contributed by atoms with Crippen molar-refractivity contribution in [3.05, 3.63) is 0 Å². The van der Waals surface area contributed by atoms with Crippen LogP contribution in [0.25, 0.3) is 0 Å². The molecular weight excluding hydrogens is 134 g/mol. The van der Waals surface area contributed by atoms with Crippen molar-refractivity contribution < 1.29 is 14.7 Å². The van der Waals surface area contributed by atoms with Crippen molar-refractivity contribution in [1.29, 1.82) is 0 Å². The standard InChI is InChI=1S/C6H11NO3/c8-6(9)7-4-2-1-3-5-10-7/h1-5H2,(H,8,9). The predicted octanol–water partition coefficient (Wildman–Crippen LogP) is 1.08. The molecule has 4 heteroatoms. The minimum atomic E-state index is -0.984. The summed E-state index contributed by atoms with van der Waals surface area (Å²) >= 11 is 0. The van der Waals surface area contributed by atoms with Crippen LogP contribution in [0.5, 0.6) is 0 Å². The lowest BCUT2D eigenvalue weighted by atomic mass is 10.2. The Morgan fingerprint density at radius 1 is 1.40 bits per heavy atom. The van der Waals surface area contributed by atoms with Gasteiger partial charge in [-0.25, -0.2) is 4.79 Å². The van der Waals surface area contributed by atoms with Gasteiger partial charge in [-0.15, -0.1) is 0 Å². The van der Waals surface area contributed by atoms with Crippen LogP contribution in [0.4, 0.5) is 4.79 Å². The quantitative estimate of drug-likeness (QED) is 0.555. The fourth-order valence-electron chi connectivity index (χ4n) is 0.924. The zero-order chi connectivity index (χ0) is 7.40. The van der Waals surface area contributed by atoms with Gasteiger partial charge in [0.1, 0.15) is 0 Å². The molecule has 10 heavy (non-hydrogen) atoms. The maximum absolute atomic E-state index is 10.3. The molecule has 0 aromatic rings. The number of nitrogens with zero attached hydrogens (tertiary/aromatic N) is 1. The molecular formula is C6H11NO3. The smallest absolute Gasteiger partial charge is 0.431 e. The number of hydroxylamine groups is 2. The van der Waals surface area contributed by atoms with E-state index in [0.717, 1.165) is 24.3 Å². The second-order valence-corrected chi connectivity index (χ2v) is 2.28. The second-order valence-electron chi connectivity index (χ2n) is 2.28. The molecule has 1 aliphatic heterocycles. The Bertz CT molecular complexity index is 118. The van der Waals surface area contributed by atoms with E-state index in [0.29, 0.717) is 13.2 Å². The molecule has 4 nitrogen and oxygen atoms in total. The minimum Gasteiger partial charge on any atom is -0.463 e. The third kappa shape index (κ3) is 1.88. The molecule has 0 bridgehead atoms. The van der Waals surface area contributed by atoms with Crippen LogP contribution in [-0.4, -0.2) is 29.4 Å². The van der Waals surface area contributed by atoms with Gasteiger partial charge in [0.15, 0.2) is 0 Å². The van der Waals surface area contributed by atoms with Gasteiger partial charge in [-0.3, -0.25) is 4.84 Å². The molecule has 0 saturated carbocycles. The van der Waals surface area contributed by atoms with Gasteiger partial charge in [-0.2, -0.15) is 5.06 Å². The molecule has 0 aromatic carbocycles. The van der Waals surface area contributed by atoms with E-state index in [1.54, 1.807) is 0 Å². The molecule has 1 aliphatic rings. The summed E-state index contributed by atoms with van der Waals surface area (Å²) in [5, 5.41) is 9.47. The van der Waals surface area contributed by atoms with Crippen molar-refractivity contribution >= 4 is 6.09 Å². The number of hydrogen-bond donors (Lipinski definition) is 1. The first-order valence-electron chi connectivity index (χ1n) is 3.44. The molecule has 1 amide bonds. The molecule has 1 fully saturated rings. The van der Waals surface area contributed by atoms with Crippen LogP contribution < -0.4 is 0 Å². The summed E-state index contributed by atoms with van der Waals surface area (Å²) in [7, 11) is 0. The van der Waals surface area contributed by atoms with Crippen LogP contribution in [0, 0.1) is 0 Å². The highest BCUT2D eigenvalue weighted by Gasteiger charge is 2.13. The summed E-state index contributed by atoms with van der Waals surface area (Å²) in [6.07, 6.45) is 1.95. The Kier molecular flexibility index (Phi) is 2.50. The maximum atomic E-state index is 10.3. The van der Waals surface area contributed by atoms with Crippen molar-refractivity contribution in [3.63, 3.8) is 0 Å². The van der Waals surface area contributed by atoms with Crippen molar-refractivity contribution in [2.24, 2.45) is 0 Å². The molecule has 0 atom stereocenters. The molecule has 0 radical (unpaired) electrons. The molecule has 0 spiro atoms. The highest BCUT2D eigenvalue weighted by Crippen LogP contribution is 2.06. The summed E-state index contributed by atoms with van der Waals surface area (Å²) < 4.78 is 0. The lowest BCUT2D eigenvalue weighted by molar-refractivity contribution is -0.123. The molecule has 1 saturated heterocycles. The Balaban J connectivity index is 2.35. The third-order valence-electron chi connectivity index (χ3n) is 1.47. The average molecular weight is 145 g/mol. The number of hydrogen-bond acceptors (Lipinski definition) is 2. The van der Waals surface area contributed by atoms with E-state index < -0.39 is 6.09 Å². The van der Waals surface area contributed by atoms with Crippen molar-refractivity contribution in [1.82, 2.24) is 5.06 Å². The van der Waals surface area contributed by atoms with E-state index in [1.165, 1.54) is 0 Å². The number of rotatable bonds is 0. The Morgan fingerprint density at radius 2 is 2.20 bits per heavy atom. The summed E-state index contributed by atoms with van der Waals surface area (Å²) in [4.78, 5) is 15.2. The maximum Gasteiger partial charge on any atom is 0.431 e. The number of carbonyl (C=O) groups is 1. The largest absolute Gasteiger partial charge is 0.463 e. The zero-order valence-electron chi connectivity index (χ0n) is 5.75. The second kappa shape index (κ2) is 3.41. The summed E-state index contributed by atoms with van der Waals surface area (Å²) in [6, 6.07) is 0. The molecule has 0 unspecified atom stereocenters. The van der Waals surface area contributed by atoms with Crippen LogP contribution in [0.2, 0.25) is 0 Å². The Morgan fingerprint density at radius 3 is 2.90 bits per heavy atom. The van der Waals surface area contributed by atoms with E-state index in [4.69, 9.17) is 9.94 Å². The highest BCUT2D eigenvalue weighted by atomic mass is 16.7. The fourth-order valence-corrected chi connectivity index (χ4v) is 0.924. The third-order valence-corrected chi connectivity index (χ3v) is 1.47. The molecule has 0 aliphatic carbocycles. The lowest BCUT2D eigenvalue weighted by Gasteiger charge is -2.13. The van der Waals surface area contributed by atoms with Gasteiger partial charge >= 0.3 is 6.09 Å². The SMILES string of the molecule is O=C(O)N1CCCCCO1. The first-order chi connectivity index (χ1) is 4.80. The van der Waals surface area contributed by atoms with Gasteiger partial charge in [-0.05, 0) is 19.3 Å². The van der Waals surface area contributed by atoms with Gasteiger partial charge in [-0.1, -0.05) is 0 Å². The van der Waals surface area contributed by atoms with Crippen LogP contribution in [0.3, 0.4) is 0 Å². The van der Waals surface area contributed by atoms with Crippen molar-refractivity contribution in [2.45, 2.75) is 19.3 Å². The van der Waals surface area contributed by atoms with Crippen LogP contribution in [0.1, 0.15) is 19.3 Å². The van der Waals surface area contributed by atoms with Gasteiger partial charge in [0, 0.05) is 0 Å². The molecule has 1 heterocycles. The van der Waals surface area contributed by atoms with Crippen LogP contribution in [-0.2, 0) is 4.84 Å². The summed E-state index contributed by atoms with van der Waals surface area (Å²) in [5.74, 6) is 0. The van der Waals surface area contributed by atoms with Gasteiger partial charge in [0.25, 0.3) is 0 Å². The molecule has 1 N–H and O–H groups in total. The minimum absolute atomic E-state index is 0.509. The van der Waals surface area contributed by atoms with Gasteiger partial charge in [0.05, 0.1) is 13.2 Å². The lowest BCUT2D eigenvalue weighted by Crippen LogP contribution is -2.29. The van der Waals surface area contributed by atoms with E-state index in [9.17, 15) is 4.79 Å². The summed E-state index contributed by atoms with van der Waals surface area (Å²) in [5.41, 5.74) is 0. The molecule has 58 valence electrons. The van der Waals surface area contributed by atoms with Crippen molar-refractivity contribution in [3.8, 4) is 0 Å². The van der Waals surface area contributed by atoms with E-state index in [1.807, 2.05) is 0 Å². The fraction of sp³-hybridized carbons (Fsp3) is 0.833. The first kappa shape index (κ1) is 7.34. The first-order valence-corrected chi connectivity index (χ1v) is 3.44. The molecule has 1 rings (SSSR count). The Hall–Kier alpha value is -0.770. The van der Waals surface area contributed by atoms with E-state index >= 15 is 0 Å². The van der Waals surface area contributed by atoms with Crippen molar-refractivity contribution in [2.75, 3.05) is 13.2 Å². The topological polar surface area (TPSA) is 49.8 Å². The predicted molar refractivity (Wildman–Crippen MR) is 34.5 cm³/mol. The Labute approximate surface area is 59.3 Å². The van der Waals surface area contributed by atoms with E-state index in [2.05, 4.69) is 0 Å². The number of amides is 1. The molecule has 0 aromatic heterocycles. The number of carboxylic acid groups (broad SMARTS) is 1. The zero-order valence-corrected chi connectivity index (χ0v) is 5.75. The van der Waals surface area contributed by atoms with Crippen LogP contribution >= 0.6 is 0 Å². The normalized spacial score (nSPS) is 20.2. The monoisotopic (exact) mass is 145 g/mol. The van der Waals surface area contributed by atoms with Crippen LogP contribution in [0.15, 0.2) is 0 Å². The highest BCUT2D eigenvalue weighted by molar-refractivity contribution is 5.63. The van der Waals surface area contributed by atoms with E-state index in [-0.39, 0.29) is 0 Å².